The number of rotatable bonds is 4. The van der Waals surface area contributed by atoms with Gasteiger partial charge in [0.1, 0.15) is 12.4 Å². The minimum atomic E-state index is -1.60. The standard InChI is InChI=1S/C12H16O2Si/c1-5-10-13-11-8-6-7-9-12(11)14-15(2,3)4/h1,6-9H,10H2,2-4H3. The smallest absolute Gasteiger partial charge is 0.242 e. The van der Waals surface area contributed by atoms with Crippen molar-refractivity contribution in [2.75, 3.05) is 6.61 Å². The van der Waals surface area contributed by atoms with Crippen LogP contribution >= 0.6 is 0 Å². The molecule has 3 heteroatoms. The van der Waals surface area contributed by atoms with Crippen LogP contribution in [-0.2, 0) is 0 Å². The SMILES string of the molecule is C#CCOc1ccccc1O[Si](C)(C)C. The highest BCUT2D eigenvalue weighted by molar-refractivity contribution is 6.70. The third kappa shape index (κ3) is 4.09. The van der Waals surface area contributed by atoms with E-state index in [-0.39, 0.29) is 6.61 Å². The Morgan fingerprint density at radius 3 is 2.33 bits per heavy atom. The summed E-state index contributed by atoms with van der Waals surface area (Å²) in [5.41, 5.74) is 0. The average molecular weight is 220 g/mol. The molecule has 0 aliphatic rings. The van der Waals surface area contributed by atoms with E-state index in [1.165, 1.54) is 0 Å². The lowest BCUT2D eigenvalue weighted by atomic mass is 10.3. The molecule has 0 fully saturated rings. The first-order valence-corrected chi connectivity index (χ1v) is 8.28. The van der Waals surface area contributed by atoms with E-state index in [1.807, 2.05) is 24.3 Å². The van der Waals surface area contributed by atoms with Gasteiger partial charge in [0.25, 0.3) is 0 Å². The first-order chi connectivity index (χ1) is 7.03. The van der Waals surface area contributed by atoms with Crippen LogP contribution in [0.3, 0.4) is 0 Å². The van der Waals surface area contributed by atoms with E-state index in [4.69, 9.17) is 15.6 Å². The molecule has 0 aromatic heterocycles. The maximum absolute atomic E-state index is 5.88. The highest BCUT2D eigenvalue weighted by atomic mass is 28.4. The number of terminal acetylenes is 1. The Balaban J connectivity index is 2.82. The molecule has 0 N–H and O–H groups in total. The van der Waals surface area contributed by atoms with Gasteiger partial charge in [0.05, 0.1) is 0 Å². The van der Waals surface area contributed by atoms with Crippen molar-refractivity contribution >= 4 is 8.32 Å². The van der Waals surface area contributed by atoms with E-state index in [0.29, 0.717) is 0 Å². The van der Waals surface area contributed by atoms with Crippen molar-refractivity contribution in [3.8, 4) is 23.8 Å². The Kier molecular flexibility index (Phi) is 3.81. The summed E-state index contributed by atoms with van der Waals surface area (Å²) in [6, 6.07) is 7.61. The number of hydrogen-bond donors (Lipinski definition) is 0. The minimum Gasteiger partial charge on any atom is -0.542 e. The van der Waals surface area contributed by atoms with Gasteiger partial charge in [0, 0.05) is 0 Å². The Morgan fingerprint density at radius 1 is 1.20 bits per heavy atom. The van der Waals surface area contributed by atoms with Gasteiger partial charge in [-0.05, 0) is 31.8 Å². The van der Waals surface area contributed by atoms with E-state index in [1.54, 1.807) is 0 Å². The van der Waals surface area contributed by atoms with Gasteiger partial charge in [-0.3, -0.25) is 0 Å². The van der Waals surface area contributed by atoms with Crippen molar-refractivity contribution in [1.29, 1.82) is 0 Å². The molecule has 0 bridgehead atoms. The normalized spacial score (nSPS) is 10.5. The molecule has 0 unspecified atom stereocenters. The Morgan fingerprint density at radius 2 is 1.80 bits per heavy atom. The lowest BCUT2D eigenvalue weighted by Crippen LogP contribution is -2.29. The second-order valence-electron chi connectivity index (χ2n) is 4.15. The zero-order valence-corrected chi connectivity index (χ0v) is 10.4. The molecule has 15 heavy (non-hydrogen) atoms. The van der Waals surface area contributed by atoms with Crippen molar-refractivity contribution in [1.82, 2.24) is 0 Å². The number of ether oxygens (including phenoxy) is 1. The lowest BCUT2D eigenvalue weighted by Gasteiger charge is -2.21. The molecule has 1 aromatic rings. The number of benzene rings is 1. The maximum Gasteiger partial charge on any atom is 0.242 e. The highest BCUT2D eigenvalue weighted by Gasteiger charge is 2.18. The average Bonchev–Trinajstić information content (AvgIpc) is 2.14. The van der Waals surface area contributed by atoms with Crippen LogP contribution < -0.4 is 9.16 Å². The molecule has 80 valence electrons. The van der Waals surface area contributed by atoms with Gasteiger partial charge in [-0.1, -0.05) is 18.1 Å². The van der Waals surface area contributed by atoms with Crippen LogP contribution in [0.4, 0.5) is 0 Å². The molecular formula is C12H16O2Si. The van der Waals surface area contributed by atoms with Crippen molar-refractivity contribution in [3.63, 3.8) is 0 Å². The molecule has 1 rings (SSSR count). The summed E-state index contributed by atoms with van der Waals surface area (Å²) < 4.78 is 11.3. The zero-order valence-electron chi connectivity index (χ0n) is 9.41. The van der Waals surface area contributed by atoms with Crippen LogP contribution in [-0.4, -0.2) is 14.9 Å². The van der Waals surface area contributed by atoms with Gasteiger partial charge in [-0.15, -0.1) is 6.42 Å². The Hall–Kier alpha value is -1.40. The summed E-state index contributed by atoms with van der Waals surface area (Å²) in [4.78, 5) is 0. The molecule has 0 saturated carbocycles. The summed E-state index contributed by atoms with van der Waals surface area (Å²) in [7, 11) is -1.60. The summed E-state index contributed by atoms with van der Waals surface area (Å²) in [6.07, 6.45) is 5.15. The van der Waals surface area contributed by atoms with Crippen molar-refractivity contribution in [2.24, 2.45) is 0 Å². The van der Waals surface area contributed by atoms with Gasteiger partial charge in [-0.25, -0.2) is 0 Å². The third-order valence-electron chi connectivity index (χ3n) is 1.58. The monoisotopic (exact) mass is 220 g/mol. The maximum atomic E-state index is 5.88. The fourth-order valence-corrected chi connectivity index (χ4v) is 1.93. The molecule has 0 spiro atoms. The molecule has 2 nitrogen and oxygen atoms in total. The van der Waals surface area contributed by atoms with E-state index < -0.39 is 8.32 Å². The van der Waals surface area contributed by atoms with E-state index in [2.05, 4.69) is 25.6 Å². The van der Waals surface area contributed by atoms with Crippen molar-refractivity contribution in [3.05, 3.63) is 24.3 Å². The fraction of sp³-hybridized carbons (Fsp3) is 0.333. The van der Waals surface area contributed by atoms with Crippen molar-refractivity contribution < 1.29 is 9.16 Å². The summed E-state index contributed by atoms with van der Waals surface area (Å²) >= 11 is 0. The van der Waals surface area contributed by atoms with Crippen molar-refractivity contribution in [2.45, 2.75) is 19.6 Å². The minimum absolute atomic E-state index is 0.270. The second-order valence-corrected chi connectivity index (χ2v) is 8.58. The Bertz CT molecular complexity index is 361. The van der Waals surface area contributed by atoms with E-state index in [9.17, 15) is 0 Å². The molecule has 0 aliphatic heterocycles. The largest absolute Gasteiger partial charge is 0.542 e. The van der Waals surface area contributed by atoms with Crippen LogP contribution in [0.25, 0.3) is 0 Å². The summed E-state index contributed by atoms with van der Waals surface area (Å²) in [5, 5.41) is 0. The van der Waals surface area contributed by atoms with E-state index >= 15 is 0 Å². The molecular weight excluding hydrogens is 204 g/mol. The third-order valence-corrected chi connectivity index (χ3v) is 2.41. The summed E-state index contributed by atoms with van der Waals surface area (Å²) in [6.45, 7) is 6.66. The molecule has 0 heterocycles. The van der Waals surface area contributed by atoms with Gasteiger partial charge >= 0.3 is 0 Å². The van der Waals surface area contributed by atoms with Crippen LogP contribution in [0.15, 0.2) is 24.3 Å². The second kappa shape index (κ2) is 4.90. The molecule has 0 saturated heterocycles. The van der Waals surface area contributed by atoms with Gasteiger partial charge in [0.15, 0.2) is 5.75 Å². The number of para-hydroxylation sites is 2. The predicted molar refractivity (Wildman–Crippen MR) is 64.7 cm³/mol. The molecule has 0 aliphatic carbocycles. The molecule has 0 atom stereocenters. The van der Waals surface area contributed by atoms with Gasteiger partial charge < -0.3 is 9.16 Å². The van der Waals surface area contributed by atoms with E-state index in [0.717, 1.165) is 11.5 Å². The quantitative estimate of drug-likeness (QED) is 0.574. The summed E-state index contributed by atoms with van der Waals surface area (Å²) in [5.74, 6) is 3.94. The van der Waals surface area contributed by atoms with Crippen LogP contribution in [0, 0.1) is 12.3 Å². The zero-order chi connectivity index (χ0) is 11.3. The van der Waals surface area contributed by atoms with Crippen LogP contribution in [0.2, 0.25) is 19.6 Å². The van der Waals surface area contributed by atoms with Gasteiger partial charge in [0.2, 0.25) is 8.32 Å². The fourth-order valence-electron chi connectivity index (χ4n) is 1.10. The lowest BCUT2D eigenvalue weighted by molar-refractivity contribution is 0.354. The Labute approximate surface area is 92.4 Å². The topological polar surface area (TPSA) is 18.5 Å². The van der Waals surface area contributed by atoms with Crippen LogP contribution in [0.5, 0.6) is 11.5 Å². The number of hydrogen-bond acceptors (Lipinski definition) is 2. The first-order valence-electron chi connectivity index (χ1n) is 4.87. The van der Waals surface area contributed by atoms with Gasteiger partial charge in [-0.2, -0.15) is 0 Å². The van der Waals surface area contributed by atoms with Crippen LogP contribution in [0.1, 0.15) is 0 Å². The first kappa shape index (κ1) is 11.7. The molecule has 0 amide bonds. The molecule has 0 radical (unpaired) electrons. The highest BCUT2D eigenvalue weighted by Crippen LogP contribution is 2.28. The predicted octanol–water partition coefficient (Wildman–Crippen LogP) is 2.91. The molecule has 1 aromatic carbocycles.